The highest BCUT2D eigenvalue weighted by molar-refractivity contribution is 7.80. The van der Waals surface area contributed by atoms with Gasteiger partial charge in [-0.2, -0.15) is 0 Å². The van der Waals surface area contributed by atoms with E-state index in [1.54, 1.807) is 0 Å². The second-order valence-corrected chi connectivity index (χ2v) is 5.99. The van der Waals surface area contributed by atoms with Crippen molar-refractivity contribution in [2.45, 2.75) is 12.8 Å². The van der Waals surface area contributed by atoms with Crippen LogP contribution in [0.15, 0.2) is 30.3 Å². The molecule has 2 aromatic rings. The first-order chi connectivity index (χ1) is 10.2. The van der Waals surface area contributed by atoms with E-state index in [4.69, 9.17) is 22.9 Å². The lowest BCUT2D eigenvalue weighted by molar-refractivity contribution is 0.208. The summed E-state index contributed by atoms with van der Waals surface area (Å²) < 4.78 is 0. The number of aliphatic hydroxyl groups excluding tert-OH is 1. The highest BCUT2D eigenvalue weighted by Gasteiger charge is 2.21. The lowest BCUT2D eigenvalue weighted by atomic mass is 9.99. The Morgan fingerprint density at radius 3 is 3.00 bits per heavy atom. The molecule has 1 aliphatic rings. The molecule has 0 amide bonds. The van der Waals surface area contributed by atoms with Gasteiger partial charge in [0.2, 0.25) is 0 Å². The van der Waals surface area contributed by atoms with Crippen LogP contribution < -0.4 is 10.6 Å². The Labute approximate surface area is 129 Å². The van der Waals surface area contributed by atoms with Gasteiger partial charge in [0.25, 0.3) is 0 Å². The predicted molar refractivity (Wildman–Crippen MR) is 89.7 cm³/mol. The third-order valence-corrected chi connectivity index (χ3v) is 4.29. The van der Waals surface area contributed by atoms with Crippen LogP contribution in [-0.2, 0) is 0 Å². The van der Waals surface area contributed by atoms with Crippen LogP contribution in [0.3, 0.4) is 0 Å². The fourth-order valence-corrected chi connectivity index (χ4v) is 3.12. The number of hydrogen-bond acceptors (Lipinski definition) is 4. The molecule has 1 atom stereocenters. The van der Waals surface area contributed by atoms with Gasteiger partial charge in [0, 0.05) is 30.6 Å². The maximum atomic E-state index is 9.38. The third-order valence-electron chi connectivity index (χ3n) is 4.07. The fraction of sp³-hybridized carbons (Fsp3) is 0.375. The number of aromatic nitrogens is 1. The first-order valence-electron chi connectivity index (χ1n) is 7.24. The Morgan fingerprint density at radius 2 is 2.24 bits per heavy atom. The number of benzene rings is 1. The van der Waals surface area contributed by atoms with Crippen molar-refractivity contribution >= 4 is 33.9 Å². The van der Waals surface area contributed by atoms with Crippen molar-refractivity contribution in [1.82, 2.24) is 4.98 Å². The standard InChI is InChI=1S/C16H19N3OS/c17-16(21)13-8-15(18-14-6-2-1-5-12(13)14)19-7-3-4-11(9-19)10-20/h1-2,5-6,8,11,20H,3-4,7,9-10H2,(H2,17,21). The third kappa shape index (κ3) is 2.84. The van der Waals surface area contributed by atoms with E-state index >= 15 is 0 Å². The van der Waals surface area contributed by atoms with Crippen molar-refractivity contribution in [3.63, 3.8) is 0 Å². The van der Waals surface area contributed by atoms with E-state index in [0.29, 0.717) is 10.9 Å². The van der Waals surface area contributed by atoms with Gasteiger partial charge in [-0.05, 0) is 30.9 Å². The van der Waals surface area contributed by atoms with Crippen LogP contribution in [0.2, 0.25) is 0 Å². The minimum absolute atomic E-state index is 0.228. The van der Waals surface area contributed by atoms with Crippen LogP contribution >= 0.6 is 12.2 Å². The van der Waals surface area contributed by atoms with Crippen LogP contribution in [0.4, 0.5) is 5.82 Å². The lowest BCUT2D eigenvalue weighted by Gasteiger charge is -2.33. The summed E-state index contributed by atoms with van der Waals surface area (Å²) in [6.07, 6.45) is 2.14. The molecule has 5 heteroatoms. The number of piperidine rings is 1. The Kier molecular flexibility index (Phi) is 4.03. The van der Waals surface area contributed by atoms with Crippen molar-refractivity contribution in [3.05, 3.63) is 35.9 Å². The Balaban J connectivity index is 2.04. The number of anilines is 1. The average Bonchev–Trinajstić information content (AvgIpc) is 2.53. The van der Waals surface area contributed by atoms with Crippen LogP contribution in [0.5, 0.6) is 0 Å². The molecule has 3 N–H and O–H groups in total. The summed E-state index contributed by atoms with van der Waals surface area (Å²) in [5.41, 5.74) is 7.66. The quantitative estimate of drug-likeness (QED) is 0.850. The summed E-state index contributed by atoms with van der Waals surface area (Å²) >= 11 is 5.19. The number of thiocarbonyl (C=S) groups is 1. The van der Waals surface area contributed by atoms with E-state index in [2.05, 4.69) is 4.90 Å². The number of aliphatic hydroxyl groups is 1. The molecule has 1 fully saturated rings. The molecule has 1 aliphatic heterocycles. The summed E-state index contributed by atoms with van der Waals surface area (Å²) in [7, 11) is 0. The summed E-state index contributed by atoms with van der Waals surface area (Å²) in [4.78, 5) is 7.35. The predicted octanol–water partition coefficient (Wildman–Crippen LogP) is 2.08. The van der Waals surface area contributed by atoms with Crippen molar-refractivity contribution in [3.8, 4) is 0 Å². The van der Waals surface area contributed by atoms with Gasteiger partial charge in [0.05, 0.1) is 5.52 Å². The Morgan fingerprint density at radius 1 is 1.43 bits per heavy atom. The summed E-state index contributed by atoms with van der Waals surface area (Å²) in [5, 5.41) is 10.4. The van der Waals surface area contributed by atoms with Crippen LogP contribution in [0.25, 0.3) is 10.9 Å². The Hall–Kier alpha value is -1.72. The van der Waals surface area contributed by atoms with Gasteiger partial charge < -0.3 is 15.7 Å². The highest BCUT2D eigenvalue weighted by atomic mass is 32.1. The molecule has 3 rings (SSSR count). The molecule has 1 aromatic carbocycles. The van der Waals surface area contributed by atoms with Crippen LogP contribution in [0.1, 0.15) is 18.4 Å². The molecule has 0 aliphatic carbocycles. The maximum absolute atomic E-state index is 9.38. The van der Waals surface area contributed by atoms with Crippen molar-refractivity contribution in [1.29, 1.82) is 0 Å². The molecule has 0 radical (unpaired) electrons. The summed E-state index contributed by atoms with van der Waals surface area (Å²) in [5.74, 6) is 1.22. The van der Waals surface area contributed by atoms with E-state index in [1.807, 2.05) is 30.3 Å². The summed E-state index contributed by atoms with van der Waals surface area (Å²) in [6.45, 7) is 2.02. The van der Waals surface area contributed by atoms with E-state index in [9.17, 15) is 5.11 Å². The van der Waals surface area contributed by atoms with E-state index in [1.165, 1.54) is 0 Å². The van der Waals surface area contributed by atoms with E-state index < -0.39 is 0 Å². The summed E-state index contributed by atoms with van der Waals surface area (Å²) in [6, 6.07) is 9.88. The minimum Gasteiger partial charge on any atom is -0.396 e. The van der Waals surface area contributed by atoms with E-state index in [-0.39, 0.29) is 6.61 Å². The molecule has 1 unspecified atom stereocenters. The molecule has 1 aromatic heterocycles. The van der Waals surface area contributed by atoms with Gasteiger partial charge in [-0.3, -0.25) is 0 Å². The highest BCUT2D eigenvalue weighted by Crippen LogP contribution is 2.26. The molecular formula is C16H19N3OS. The monoisotopic (exact) mass is 301 g/mol. The van der Waals surface area contributed by atoms with Gasteiger partial charge in [-0.1, -0.05) is 30.4 Å². The SMILES string of the molecule is NC(=S)c1cc(N2CCCC(CO)C2)nc2ccccc12. The number of fused-ring (bicyclic) bond motifs is 1. The zero-order chi connectivity index (χ0) is 14.8. The molecule has 4 nitrogen and oxygen atoms in total. The molecule has 0 saturated carbocycles. The topological polar surface area (TPSA) is 62.4 Å². The molecule has 110 valence electrons. The number of hydrogen-bond donors (Lipinski definition) is 2. The smallest absolute Gasteiger partial charge is 0.129 e. The minimum atomic E-state index is 0.228. The zero-order valence-corrected chi connectivity index (χ0v) is 12.6. The second-order valence-electron chi connectivity index (χ2n) is 5.55. The first-order valence-corrected chi connectivity index (χ1v) is 7.65. The first kappa shape index (κ1) is 14.2. The number of para-hydroxylation sites is 1. The largest absolute Gasteiger partial charge is 0.396 e. The molecule has 2 heterocycles. The van der Waals surface area contributed by atoms with Gasteiger partial charge in [-0.25, -0.2) is 4.98 Å². The normalized spacial score (nSPS) is 18.9. The van der Waals surface area contributed by atoms with Gasteiger partial charge in [-0.15, -0.1) is 0 Å². The molecule has 0 bridgehead atoms. The number of nitrogens with two attached hydrogens (primary N) is 1. The molecule has 1 saturated heterocycles. The van der Waals surface area contributed by atoms with Crippen molar-refractivity contribution in [2.24, 2.45) is 11.7 Å². The molecular weight excluding hydrogens is 282 g/mol. The number of nitrogens with zero attached hydrogens (tertiary/aromatic N) is 2. The lowest BCUT2D eigenvalue weighted by Crippen LogP contribution is -2.37. The van der Waals surface area contributed by atoms with Gasteiger partial charge in [0.1, 0.15) is 10.8 Å². The van der Waals surface area contributed by atoms with Gasteiger partial charge in [0.15, 0.2) is 0 Å². The number of rotatable bonds is 3. The van der Waals surface area contributed by atoms with E-state index in [0.717, 1.165) is 48.2 Å². The van der Waals surface area contributed by atoms with Gasteiger partial charge >= 0.3 is 0 Å². The Bertz CT molecular complexity index is 674. The number of pyridine rings is 1. The van der Waals surface area contributed by atoms with Crippen LogP contribution in [-0.4, -0.2) is 34.8 Å². The van der Waals surface area contributed by atoms with Crippen molar-refractivity contribution in [2.75, 3.05) is 24.6 Å². The van der Waals surface area contributed by atoms with Crippen LogP contribution in [0, 0.1) is 5.92 Å². The fourth-order valence-electron chi connectivity index (χ4n) is 2.95. The maximum Gasteiger partial charge on any atom is 0.129 e. The second kappa shape index (κ2) is 5.95. The average molecular weight is 301 g/mol. The zero-order valence-electron chi connectivity index (χ0n) is 11.8. The van der Waals surface area contributed by atoms with Crippen molar-refractivity contribution < 1.29 is 5.11 Å². The molecule has 0 spiro atoms. The molecule has 21 heavy (non-hydrogen) atoms.